The van der Waals surface area contributed by atoms with Gasteiger partial charge >= 0.3 is 6.36 Å². The van der Waals surface area contributed by atoms with Gasteiger partial charge in [0.15, 0.2) is 0 Å². The van der Waals surface area contributed by atoms with E-state index in [0.717, 1.165) is 6.07 Å². The molecule has 0 unspecified atom stereocenters. The average molecular weight is 309 g/mol. The summed E-state index contributed by atoms with van der Waals surface area (Å²) in [4.78, 5) is 10.6. The smallest absolute Gasteiger partial charge is 0.406 e. The van der Waals surface area contributed by atoms with E-state index in [9.17, 15) is 18.0 Å². The molecule has 92 valence electrons. The topological polar surface area (TPSA) is 26.3 Å². The molecule has 0 aliphatic heterocycles. The van der Waals surface area contributed by atoms with Crippen LogP contribution in [0.1, 0.15) is 15.9 Å². The minimum absolute atomic E-state index is 0.126. The van der Waals surface area contributed by atoms with Crippen molar-refractivity contribution in [2.45, 2.75) is 6.36 Å². The SMILES string of the molecule is O=Cc1cc(C=CCBr)cc(OC(F)(F)F)c1. The molecule has 17 heavy (non-hydrogen) atoms. The van der Waals surface area contributed by atoms with E-state index in [2.05, 4.69) is 20.7 Å². The lowest BCUT2D eigenvalue weighted by Crippen LogP contribution is -2.17. The van der Waals surface area contributed by atoms with Crippen molar-refractivity contribution in [2.24, 2.45) is 0 Å². The van der Waals surface area contributed by atoms with Gasteiger partial charge in [-0.3, -0.25) is 4.79 Å². The zero-order chi connectivity index (χ0) is 12.9. The first-order valence-corrected chi connectivity index (χ1v) is 5.65. The van der Waals surface area contributed by atoms with Crippen LogP contribution in [0.25, 0.3) is 6.08 Å². The molecular weight excluding hydrogens is 301 g/mol. The molecule has 1 aromatic carbocycles. The quantitative estimate of drug-likeness (QED) is 0.624. The molecule has 0 spiro atoms. The number of carbonyl (C=O) groups is 1. The number of allylic oxidation sites excluding steroid dienone is 1. The Morgan fingerprint density at radius 1 is 1.24 bits per heavy atom. The summed E-state index contributed by atoms with van der Waals surface area (Å²) >= 11 is 3.14. The Bertz CT molecular complexity index is 427. The van der Waals surface area contributed by atoms with Gasteiger partial charge in [-0.05, 0) is 23.8 Å². The summed E-state index contributed by atoms with van der Waals surface area (Å²) in [5.74, 6) is -0.406. The third-order valence-electron chi connectivity index (χ3n) is 1.72. The van der Waals surface area contributed by atoms with E-state index in [1.54, 1.807) is 12.2 Å². The second-order valence-electron chi connectivity index (χ2n) is 3.06. The van der Waals surface area contributed by atoms with E-state index < -0.39 is 12.1 Å². The molecule has 0 aliphatic rings. The molecule has 0 aliphatic carbocycles. The largest absolute Gasteiger partial charge is 0.573 e. The first kappa shape index (κ1) is 13.8. The van der Waals surface area contributed by atoms with E-state index in [0.29, 0.717) is 17.2 Å². The molecule has 0 saturated carbocycles. The molecule has 0 saturated heterocycles. The van der Waals surface area contributed by atoms with Crippen molar-refractivity contribution in [2.75, 3.05) is 5.33 Å². The summed E-state index contributed by atoms with van der Waals surface area (Å²) in [6.07, 6.45) is -1.01. The fraction of sp³-hybridized carbons (Fsp3) is 0.182. The van der Waals surface area contributed by atoms with Crippen molar-refractivity contribution >= 4 is 28.3 Å². The number of ether oxygens (including phenoxy) is 1. The molecule has 1 aromatic rings. The fourth-order valence-electron chi connectivity index (χ4n) is 1.18. The van der Waals surface area contributed by atoms with Gasteiger partial charge in [0, 0.05) is 10.9 Å². The monoisotopic (exact) mass is 308 g/mol. The van der Waals surface area contributed by atoms with Crippen molar-refractivity contribution in [3.8, 4) is 5.75 Å². The molecule has 2 nitrogen and oxygen atoms in total. The summed E-state index contributed by atoms with van der Waals surface area (Å²) in [5.41, 5.74) is 0.592. The van der Waals surface area contributed by atoms with Gasteiger partial charge < -0.3 is 4.74 Å². The minimum Gasteiger partial charge on any atom is -0.406 e. The van der Waals surface area contributed by atoms with Crippen LogP contribution in [0.4, 0.5) is 13.2 Å². The highest BCUT2D eigenvalue weighted by molar-refractivity contribution is 9.09. The van der Waals surface area contributed by atoms with Crippen LogP contribution in [0.5, 0.6) is 5.75 Å². The number of rotatable bonds is 4. The molecule has 0 bridgehead atoms. The Morgan fingerprint density at radius 3 is 2.41 bits per heavy atom. The van der Waals surface area contributed by atoms with Gasteiger partial charge in [-0.15, -0.1) is 13.2 Å². The van der Waals surface area contributed by atoms with E-state index in [4.69, 9.17) is 0 Å². The van der Waals surface area contributed by atoms with Crippen LogP contribution in [0.2, 0.25) is 0 Å². The second kappa shape index (κ2) is 5.86. The molecule has 6 heteroatoms. The standard InChI is InChI=1S/C11H8BrF3O2/c12-3-1-2-8-4-9(7-16)6-10(5-8)17-11(13,14)15/h1-2,4-7H,3H2. The lowest BCUT2D eigenvalue weighted by Gasteiger charge is -2.09. The Labute approximate surface area is 104 Å². The van der Waals surface area contributed by atoms with Crippen LogP contribution in [-0.4, -0.2) is 18.0 Å². The maximum absolute atomic E-state index is 12.0. The van der Waals surface area contributed by atoms with Gasteiger partial charge in [0.1, 0.15) is 12.0 Å². The highest BCUT2D eigenvalue weighted by Gasteiger charge is 2.31. The Kier molecular flexibility index (Phi) is 4.74. The summed E-state index contributed by atoms with van der Waals surface area (Å²) in [6.45, 7) is 0. The van der Waals surface area contributed by atoms with Gasteiger partial charge in [-0.1, -0.05) is 28.1 Å². The highest BCUT2D eigenvalue weighted by atomic mass is 79.9. The van der Waals surface area contributed by atoms with E-state index in [-0.39, 0.29) is 5.56 Å². The number of alkyl halides is 4. The predicted molar refractivity (Wildman–Crippen MR) is 61.3 cm³/mol. The number of halogens is 4. The van der Waals surface area contributed by atoms with Gasteiger partial charge in [0.2, 0.25) is 0 Å². The van der Waals surface area contributed by atoms with Crippen molar-refractivity contribution in [1.82, 2.24) is 0 Å². The number of hydrogen-bond donors (Lipinski definition) is 0. The van der Waals surface area contributed by atoms with Gasteiger partial charge in [-0.25, -0.2) is 0 Å². The lowest BCUT2D eigenvalue weighted by atomic mass is 10.1. The number of benzene rings is 1. The predicted octanol–water partition coefficient (Wildman–Crippen LogP) is 3.81. The van der Waals surface area contributed by atoms with Crippen molar-refractivity contribution in [3.63, 3.8) is 0 Å². The van der Waals surface area contributed by atoms with Crippen LogP contribution in [0.3, 0.4) is 0 Å². The molecule has 0 fully saturated rings. The normalized spacial score (nSPS) is 11.8. The van der Waals surface area contributed by atoms with Gasteiger partial charge in [0.05, 0.1) is 0 Å². The lowest BCUT2D eigenvalue weighted by molar-refractivity contribution is -0.274. The Morgan fingerprint density at radius 2 is 1.88 bits per heavy atom. The van der Waals surface area contributed by atoms with Crippen molar-refractivity contribution in [1.29, 1.82) is 0 Å². The third-order valence-corrected chi connectivity index (χ3v) is 2.09. The maximum Gasteiger partial charge on any atom is 0.573 e. The van der Waals surface area contributed by atoms with Crippen LogP contribution < -0.4 is 4.74 Å². The molecule has 0 N–H and O–H groups in total. The molecule has 0 aromatic heterocycles. The van der Waals surface area contributed by atoms with E-state index >= 15 is 0 Å². The van der Waals surface area contributed by atoms with Crippen molar-refractivity contribution in [3.05, 3.63) is 35.4 Å². The van der Waals surface area contributed by atoms with Crippen LogP contribution >= 0.6 is 15.9 Å². The first-order chi connectivity index (χ1) is 7.94. The van der Waals surface area contributed by atoms with Crippen LogP contribution in [0.15, 0.2) is 24.3 Å². The van der Waals surface area contributed by atoms with Crippen molar-refractivity contribution < 1.29 is 22.7 Å². The highest BCUT2D eigenvalue weighted by Crippen LogP contribution is 2.25. The zero-order valence-electron chi connectivity index (χ0n) is 8.50. The zero-order valence-corrected chi connectivity index (χ0v) is 10.1. The first-order valence-electron chi connectivity index (χ1n) is 4.53. The van der Waals surface area contributed by atoms with Crippen LogP contribution in [0, 0.1) is 0 Å². The molecule has 0 radical (unpaired) electrons. The van der Waals surface area contributed by atoms with Crippen LogP contribution in [-0.2, 0) is 0 Å². The Hall–Kier alpha value is -1.30. The van der Waals surface area contributed by atoms with E-state index in [1.807, 2.05) is 0 Å². The molecule has 1 rings (SSSR count). The maximum atomic E-state index is 12.0. The number of hydrogen-bond acceptors (Lipinski definition) is 2. The number of aldehydes is 1. The molecule has 0 heterocycles. The summed E-state index contributed by atoms with van der Waals surface area (Å²) in [6, 6.07) is 3.71. The minimum atomic E-state index is -4.77. The molecular formula is C11H8BrF3O2. The summed E-state index contributed by atoms with van der Waals surface area (Å²) in [7, 11) is 0. The van der Waals surface area contributed by atoms with Gasteiger partial charge in [0.25, 0.3) is 0 Å². The summed E-state index contributed by atoms with van der Waals surface area (Å²) < 4.78 is 39.8. The fourth-order valence-corrected chi connectivity index (χ4v) is 1.37. The molecule has 0 atom stereocenters. The average Bonchev–Trinajstić information content (AvgIpc) is 2.23. The Balaban J connectivity index is 3.05. The van der Waals surface area contributed by atoms with Gasteiger partial charge in [-0.2, -0.15) is 0 Å². The molecule has 0 amide bonds. The summed E-state index contributed by atoms with van der Waals surface area (Å²) in [5, 5.41) is 0.563. The third kappa shape index (κ3) is 5.04. The van der Waals surface area contributed by atoms with E-state index in [1.165, 1.54) is 12.1 Å². The number of carbonyl (C=O) groups excluding carboxylic acids is 1. The second-order valence-corrected chi connectivity index (χ2v) is 3.71.